The van der Waals surface area contributed by atoms with Crippen molar-refractivity contribution in [1.29, 1.82) is 0 Å². The van der Waals surface area contributed by atoms with Crippen LogP contribution in [0.25, 0.3) is 0 Å². The molecule has 0 aliphatic heterocycles. The smallest absolute Gasteiger partial charge is 0.150 e. The van der Waals surface area contributed by atoms with Gasteiger partial charge in [0.15, 0.2) is 5.82 Å². The minimum absolute atomic E-state index is 0.00651. The van der Waals surface area contributed by atoms with Crippen LogP contribution in [0.15, 0.2) is 12.1 Å². The van der Waals surface area contributed by atoms with E-state index in [1.54, 1.807) is 7.05 Å². The lowest BCUT2D eigenvalue weighted by Gasteiger charge is -2.19. The first-order chi connectivity index (χ1) is 7.49. The van der Waals surface area contributed by atoms with E-state index in [2.05, 4.69) is 5.32 Å². The van der Waals surface area contributed by atoms with Crippen molar-refractivity contribution in [3.8, 4) is 0 Å². The van der Waals surface area contributed by atoms with E-state index >= 15 is 0 Å². The van der Waals surface area contributed by atoms with E-state index in [0.29, 0.717) is 0 Å². The van der Waals surface area contributed by atoms with Crippen LogP contribution in [0.3, 0.4) is 0 Å². The van der Waals surface area contributed by atoms with Crippen LogP contribution < -0.4 is 5.32 Å². The van der Waals surface area contributed by atoms with Crippen molar-refractivity contribution in [3.63, 3.8) is 0 Å². The summed E-state index contributed by atoms with van der Waals surface area (Å²) in [6, 6.07) is 1.99. The second-order valence-corrected chi connectivity index (χ2v) is 3.73. The summed E-state index contributed by atoms with van der Waals surface area (Å²) in [6.45, 7) is 0.00651. The lowest BCUT2D eigenvalue weighted by Crippen LogP contribution is -2.30. The lowest BCUT2D eigenvalue weighted by molar-refractivity contribution is 0.0159. The number of benzene rings is 1. The summed E-state index contributed by atoms with van der Waals surface area (Å²) in [4.78, 5) is 0. The van der Waals surface area contributed by atoms with Gasteiger partial charge >= 0.3 is 0 Å². The Bertz CT molecular complexity index is 376. The maximum absolute atomic E-state index is 13.5. The summed E-state index contributed by atoms with van der Waals surface area (Å²) in [7, 11) is 1.54. The van der Waals surface area contributed by atoms with Gasteiger partial charge in [-0.05, 0) is 19.2 Å². The molecule has 0 heterocycles. The first-order valence-corrected chi connectivity index (χ1v) is 5.01. The van der Waals surface area contributed by atoms with Crippen molar-refractivity contribution in [3.05, 3.63) is 34.4 Å². The fraction of sp³-hybridized carbons (Fsp3) is 0.400. The van der Waals surface area contributed by atoms with Gasteiger partial charge in [-0.3, -0.25) is 0 Å². The molecule has 0 fully saturated rings. The van der Waals surface area contributed by atoms with E-state index in [1.165, 1.54) is 0 Å². The molecule has 16 heavy (non-hydrogen) atoms. The zero-order valence-electron chi connectivity index (χ0n) is 8.54. The SMILES string of the molecule is CNCC(O)C(O)c1c(F)ccc(Cl)c1F. The van der Waals surface area contributed by atoms with Crippen LogP contribution in [0.5, 0.6) is 0 Å². The van der Waals surface area contributed by atoms with Gasteiger partial charge in [-0.25, -0.2) is 8.78 Å². The van der Waals surface area contributed by atoms with Crippen molar-refractivity contribution in [1.82, 2.24) is 5.32 Å². The lowest BCUT2D eigenvalue weighted by atomic mass is 10.0. The Labute approximate surface area is 96.7 Å². The molecule has 3 nitrogen and oxygen atoms in total. The summed E-state index contributed by atoms with van der Waals surface area (Å²) in [5.74, 6) is -1.99. The third-order valence-electron chi connectivity index (χ3n) is 2.15. The molecular weight excluding hydrogens is 240 g/mol. The number of aliphatic hydroxyl groups is 2. The normalized spacial score (nSPS) is 14.9. The van der Waals surface area contributed by atoms with Crippen LogP contribution in [0.2, 0.25) is 5.02 Å². The molecule has 0 radical (unpaired) electrons. The Balaban J connectivity index is 3.07. The minimum Gasteiger partial charge on any atom is -0.389 e. The van der Waals surface area contributed by atoms with Crippen LogP contribution in [-0.4, -0.2) is 29.9 Å². The number of nitrogens with one attached hydrogen (secondary N) is 1. The van der Waals surface area contributed by atoms with Crippen LogP contribution in [0, 0.1) is 11.6 Å². The molecule has 1 rings (SSSR count). The molecule has 0 spiro atoms. The molecule has 90 valence electrons. The Morgan fingerprint density at radius 2 is 2.00 bits per heavy atom. The first kappa shape index (κ1) is 13.3. The molecule has 0 aromatic heterocycles. The van der Waals surface area contributed by atoms with Gasteiger partial charge < -0.3 is 15.5 Å². The molecule has 0 bridgehead atoms. The van der Waals surface area contributed by atoms with Crippen LogP contribution in [0.4, 0.5) is 8.78 Å². The van der Waals surface area contributed by atoms with Gasteiger partial charge in [0, 0.05) is 6.54 Å². The second-order valence-electron chi connectivity index (χ2n) is 3.33. The van der Waals surface area contributed by atoms with Crippen molar-refractivity contribution in [2.45, 2.75) is 12.2 Å². The molecule has 6 heteroatoms. The van der Waals surface area contributed by atoms with E-state index in [9.17, 15) is 19.0 Å². The predicted octanol–water partition coefficient (Wildman–Crippen LogP) is 1.23. The number of aliphatic hydroxyl groups excluding tert-OH is 2. The maximum Gasteiger partial charge on any atom is 0.150 e. The van der Waals surface area contributed by atoms with Crippen LogP contribution in [0.1, 0.15) is 11.7 Å². The highest BCUT2D eigenvalue weighted by molar-refractivity contribution is 6.30. The van der Waals surface area contributed by atoms with Gasteiger partial charge in [0.25, 0.3) is 0 Å². The highest BCUT2D eigenvalue weighted by Gasteiger charge is 2.25. The average molecular weight is 252 g/mol. The van der Waals surface area contributed by atoms with E-state index in [0.717, 1.165) is 12.1 Å². The molecule has 1 aromatic carbocycles. The third kappa shape index (κ3) is 2.68. The molecule has 1 aromatic rings. The zero-order chi connectivity index (χ0) is 12.3. The average Bonchev–Trinajstić information content (AvgIpc) is 2.24. The molecule has 2 atom stereocenters. The summed E-state index contributed by atoms with van der Waals surface area (Å²) in [5.41, 5.74) is -0.616. The van der Waals surface area contributed by atoms with Gasteiger partial charge in [-0.2, -0.15) is 0 Å². The molecule has 0 aliphatic rings. The zero-order valence-corrected chi connectivity index (χ0v) is 9.30. The van der Waals surface area contributed by atoms with Crippen molar-refractivity contribution < 1.29 is 19.0 Å². The summed E-state index contributed by atoms with van der Waals surface area (Å²) in [6.07, 6.45) is -2.97. The van der Waals surface area contributed by atoms with Crippen molar-refractivity contribution in [2.75, 3.05) is 13.6 Å². The minimum atomic E-state index is -1.66. The predicted molar refractivity (Wildman–Crippen MR) is 56.3 cm³/mol. The van der Waals surface area contributed by atoms with E-state index < -0.39 is 29.4 Å². The number of rotatable bonds is 4. The first-order valence-electron chi connectivity index (χ1n) is 4.63. The fourth-order valence-electron chi connectivity index (χ4n) is 1.33. The van der Waals surface area contributed by atoms with E-state index in [4.69, 9.17) is 11.6 Å². The number of halogens is 3. The molecule has 0 aliphatic carbocycles. The standard InChI is InChI=1S/C10H12ClF2NO2/c1-14-4-7(15)10(16)8-6(12)3-2-5(11)9(8)13/h2-3,7,10,14-16H,4H2,1H3. The highest BCUT2D eigenvalue weighted by Crippen LogP contribution is 2.28. The van der Waals surface area contributed by atoms with Crippen molar-refractivity contribution >= 4 is 11.6 Å². The maximum atomic E-state index is 13.5. The van der Waals surface area contributed by atoms with Crippen LogP contribution in [-0.2, 0) is 0 Å². The quantitative estimate of drug-likeness (QED) is 0.706. The van der Waals surface area contributed by atoms with Crippen molar-refractivity contribution in [2.24, 2.45) is 0 Å². The Morgan fingerprint density at radius 3 is 2.56 bits per heavy atom. The third-order valence-corrected chi connectivity index (χ3v) is 2.44. The topological polar surface area (TPSA) is 52.5 Å². The van der Waals surface area contributed by atoms with Gasteiger partial charge in [0.05, 0.1) is 16.7 Å². The molecule has 0 saturated heterocycles. The number of hydrogen-bond donors (Lipinski definition) is 3. The van der Waals surface area contributed by atoms with Gasteiger partial charge in [-0.15, -0.1) is 0 Å². The van der Waals surface area contributed by atoms with Crippen LogP contribution >= 0.6 is 11.6 Å². The monoisotopic (exact) mass is 251 g/mol. The Morgan fingerprint density at radius 1 is 1.38 bits per heavy atom. The van der Waals surface area contributed by atoms with E-state index in [-0.39, 0.29) is 11.6 Å². The Hall–Kier alpha value is -0.750. The molecule has 0 amide bonds. The largest absolute Gasteiger partial charge is 0.389 e. The summed E-state index contributed by atoms with van der Waals surface area (Å²) in [5, 5.41) is 21.3. The molecular formula is C10H12ClF2NO2. The molecule has 2 unspecified atom stereocenters. The van der Waals surface area contributed by atoms with Gasteiger partial charge in [0.1, 0.15) is 11.9 Å². The highest BCUT2D eigenvalue weighted by atomic mass is 35.5. The van der Waals surface area contributed by atoms with E-state index in [1.807, 2.05) is 0 Å². The van der Waals surface area contributed by atoms with Gasteiger partial charge in [-0.1, -0.05) is 11.6 Å². The molecule has 0 saturated carbocycles. The fourth-order valence-corrected chi connectivity index (χ4v) is 1.49. The number of hydrogen-bond acceptors (Lipinski definition) is 3. The molecule has 3 N–H and O–H groups in total. The Kier molecular flexibility index (Phi) is 4.61. The second kappa shape index (κ2) is 5.54. The summed E-state index contributed by atoms with van der Waals surface area (Å²) >= 11 is 5.46. The summed E-state index contributed by atoms with van der Waals surface area (Å²) < 4.78 is 26.7. The van der Waals surface area contributed by atoms with Gasteiger partial charge in [0.2, 0.25) is 0 Å². The number of likely N-dealkylation sites (N-methyl/N-ethyl adjacent to an activating group) is 1.